The molecule has 1 aromatic rings. The number of benzene rings is 1. The van der Waals surface area contributed by atoms with Gasteiger partial charge in [-0.15, -0.1) is 0 Å². The first-order valence-corrected chi connectivity index (χ1v) is 6.61. The Morgan fingerprint density at radius 1 is 1.40 bits per heavy atom. The number of anilines is 1. The van der Waals surface area contributed by atoms with Gasteiger partial charge in [-0.1, -0.05) is 0 Å². The van der Waals surface area contributed by atoms with E-state index in [9.17, 15) is 4.79 Å². The Morgan fingerprint density at radius 2 is 2.15 bits per heavy atom. The third-order valence-corrected chi connectivity index (χ3v) is 3.20. The molecule has 20 heavy (non-hydrogen) atoms. The predicted molar refractivity (Wildman–Crippen MR) is 74.9 cm³/mol. The van der Waals surface area contributed by atoms with E-state index in [2.05, 4.69) is 9.64 Å². The summed E-state index contributed by atoms with van der Waals surface area (Å²) < 4.78 is 15.6. The molecule has 0 bridgehead atoms. The van der Waals surface area contributed by atoms with Gasteiger partial charge in [0.05, 0.1) is 31.6 Å². The Hall–Kier alpha value is -1.79. The van der Waals surface area contributed by atoms with Gasteiger partial charge in [0.2, 0.25) is 0 Å². The minimum atomic E-state index is -0.406. The van der Waals surface area contributed by atoms with Gasteiger partial charge in [-0.3, -0.25) is 4.90 Å². The maximum atomic E-state index is 11.4. The Kier molecular flexibility index (Phi) is 5.20. The zero-order chi connectivity index (χ0) is 14.4. The van der Waals surface area contributed by atoms with Gasteiger partial charge in [-0.2, -0.15) is 0 Å². The maximum Gasteiger partial charge on any atom is 0.337 e. The molecule has 0 saturated carbocycles. The lowest BCUT2D eigenvalue weighted by Crippen LogP contribution is -2.38. The number of hydrogen-bond donors (Lipinski definition) is 1. The second-order valence-electron chi connectivity index (χ2n) is 4.55. The normalized spacial score (nSPS) is 15.8. The molecule has 1 aliphatic rings. The zero-order valence-electron chi connectivity index (χ0n) is 11.6. The van der Waals surface area contributed by atoms with Crippen LogP contribution in [0.1, 0.15) is 10.4 Å². The first-order valence-electron chi connectivity index (χ1n) is 6.61. The molecule has 0 radical (unpaired) electrons. The van der Waals surface area contributed by atoms with E-state index in [1.54, 1.807) is 18.2 Å². The summed E-state index contributed by atoms with van der Waals surface area (Å²) in [6.07, 6.45) is 0. The number of carbonyl (C=O) groups excluding carboxylic acids is 1. The van der Waals surface area contributed by atoms with Gasteiger partial charge < -0.3 is 19.9 Å². The number of rotatable bonds is 5. The van der Waals surface area contributed by atoms with Crippen LogP contribution in [0.15, 0.2) is 18.2 Å². The Balaban J connectivity index is 1.84. The SMILES string of the molecule is COC(=O)c1ccc(OCCN2CCOCC2)c(N)c1. The van der Waals surface area contributed by atoms with Gasteiger partial charge in [-0.25, -0.2) is 4.79 Å². The van der Waals surface area contributed by atoms with E-state index in [-0.39, 0.29) is 0 Å². The van der Waals surface area contributed by atoms with E-state index in [4.69, 9.17) is 15.2 Å². The molecule has 0 unspecified atom stereocenters. The Bertz CT molecular complexity index is 458. The van der Waals surface area contributed by atoms with Crippen LogP contribution in [-0.2, 0) is 9.47 Å². The van der Waals surface area contributed by atoms with E-state index in [1.807, 2.05) is 0 Å². The average Bonchev–Trinajstić information content (AvgIpc) is 2.49. The van der Waals surface area contributed by atoms with Gasteiger partial charge in [0, 0.05) is 19.6 Å². The monoisotopic (exact) mass is 280 g/mol. The van der Waals surface area contributed by atoms with Gasteiger partial charge in [-0.05, 0) is 18.2 Å². The molecule has 1 fully saturated rings. The second-order valence-corrected chi connectivity index (χ2v) is 4.55. The van der Waals surface area contributed by atoms with Crippen LogP contribution in [0.5, 0.6) is 5.75 Å². The smallest absolute Gasteiger partial charge is 0.337 e. The molecule has 0 amide bonds. The van der Waals surface area contributed by atoms with Crippen molar-refractivity contribution in [2.45, 2.75) is 0 Å². The van der Waals surface area contributed by atoms with Crippen LogP contribution in [0, 0.1) is 0 Å². The molecule has 2 N–H and O–H groups in total. The quantitative estimate of drug-likeness (QED) is 0.634. The molecule has 6 heteroatoms. The lowest BCUT2D eigenvalue weighted by atomic mass is 10.2. The Labute approximate surface area is 118 Å². The molecule has 6 nitrogen and oxygen atoms in total. The summed E-state index contributed by atoms with van der Waals surface area (Å²) in [5.74, 6) is 0.183. The third kappa shape index (κ3) is 3.85. The lowest BCUT2D eigenvalue weighted by Gasteiger charge is -2.26. The van der Waals surface area contributed by atoms with E-state index < -0.39 is 5.97 Å². The van der Waals surface area contributed by atoms with E-state index >= 15 is 0 Å². The standard InChI is InChI=1S/C14H20N2O4/c1-18-14(17)11-2-3-13(12(15)10-11)20-9-6-16-4-7-19-8-5-16/h2-3,10H,4-9,15H2,1H3. The lowest BCUT2D eigenvalue weighted by molar-refractivity contribution is 0.0323. The topological polar surface area (TPSA) is 74.0 Å². The number of methoxy groups -OCH3 is 1. The highest BCUT2D eigenvalue weighted by Crippen LogP contribution is 2.22. The largest absolute Gasteiger partial charge is 0.490 e. The number of nitrogens with zero attached hydrogens (tertiary/aromatic N) is 1. The van der Waals surface area contributed by atoms with Crippen LogP contribution in [0.4, 0.5) is 5.69 Å². The van der Waals surface area contributed by atoms with Crippen molar-refractivity contribution < 1.29 is 19.0 Å². The summed E-state index contributed by atoms with van der Waals surface area (Å²) in [7, 11) is 1.34. The number of esters is 1. The van der Waals surface area contributed by atoms with Crippen molar-refractivity contribution in [1.82, 2.24) is 4.90 Å². The van der Waals surface area contributed by atoms with Crippen LogP contribution in [0.25, 0.3) is 0 Å². The molecule has 2 rings (SSSR count). The third-order valence-electron chi connectivity index (χ3n) is 3.20. The summed E-state index contributed by atoms with van der Waals surface area (Å²) in [6, 6.07) is 4.91. The van der Waals surface area contributed by atoms with Crippen molar-refractivity contribution >= 4 is 11.7 Å². The van der Waals surface area contributed by atoms with Crippen LogP contribution in [0.3, 0.4) is 0 Å². The van der Waals surface area contributed by atoms with Crippen molar-refractivity contribution in [1.29, 1.82) is 0 Å². The van der Waals surface area contributed by atoms with Crippen molar-refractivity contribution in [3.63, 3.8) is 0 Å². The number of nitrogens with two attached hydrogens (primary N) is 1. The number of hydrogen-bond acceptors (Lipinski definition) is 6. The van der Waals surface area contributed by atoms with Crippen molar-refractivity contribution in [3.8, 4) is 5.75 Å². The molecule has 110 valence electrons. The van der Waals surface area contributed by atoms with E-state index in [0.29, 0.717) is 23.6 Å². The fourth-order valence-corrected chi connectivity index (χ4v) is 2.03. The first kappa shape index (κ1) is 14.6. The summed E-state index contributed by atoms with van der Waals surface area (Å²) in [4.78, 5) is 13.6. The van der Waals surface area contributed by atoms with Crippen LogP contribution in [0.2, 0.25) is 0 Å². The predicted octanol–water partition coefficient (Wildman–Crippen LogP) is 0.766. The van der Waals surface area contributed by atoms with Crippen LogP contribution < -0.4 is 10.5 Å². The number of ether oxygens (including phenoxy) is 3. The molecule has 0 aromatic heterocycles. The van der Waals surface area contributed by atoms with Crippen molar-refractivity contribution in [2.24, 2.45) is 0 Å². The van der Waals surface area contributed by atoms with Crippen molar-refractivity contribution in [3.05, 3.63) is 23.8 Å². The summed E-state index contributed by atoms with van der Waals surface area (Å²) >= 11 is 0. The zero-order valence-corrected chi connectivity index (χ0v) is 11.6. The molecule has 1 heterocycles. The maximum absolute atomic E-state index is 11.4. The summed E-state index contributed by atoms with van der Waals surface area (Å²) in [5.41, 5.74) is 6.73. The summed E-state index contributed by atoms with van der Waals surface area (Å²) in [5, 5.41) is 0. The highest BCUT2D eigenvalue weighted by Gasteiger charge is 2.11. The fraction of sp³-hybridized carbons (Fsp3) is 0.500. The van der Waals surface area contributed by atoms with E-state index in [0.717, 1.165) is 32.8 Å². The molecule has 1 saturated heterocycles. The molecule has 1 aromatic carbocycles. The Morgan fingerprint density at radius 3 is 2.80 bits per heavy atom. The summed E-state index contributed by atoms with van der Waals surface area (Å²) in [6.45, 7) is 4.80. The first-order chi connectivity index (χ1) is 9.70. The van der Waals surface area contributed by atoms with Crippen molar-refractivity contribution in [2.75, 3.05) is 52.3 Å². The average molecular weight is 280 g/mol. The fourth-order valence-electron chi connectivity index (χ4n) is 2.03. The van der Waals surface area contributed by atoms with Gasteiger partial charge in [0.1, 0.15) is 12.4 Å². The van der Waals surface area contributed by atoms with Crippen LogP contribution in [-0.4, -0.2) is 57.4 Å². The highest BCUT2D eigenvalue weighted by atomic mass is 16.5. The minimum absolute atomic E-state index is 0.406. The number of morpholine rings is 1. The number of nitrogen functional groups attached to an aromatic ring is 1. The molecule has 0 spiro atoms. The van der Waals surface area contributed by atoms with Gasteiger partial charge in [0.15, 0.2) is 0 Å². The van der Waals surface area contributed by atoms with Crippen LogP contribution >= 0.6 is 0 Å². The molecular formula is C14H20N2O4. The molecule has 0 atom stereocenters. The minimum Gasteiger partial charge on any atom is -0.490 e. The molecule has 0 aliphatic carbocycles. The second kappa shape index (κ2) is 7.12. The molecule has 1 aliphatic heterocycles. The molecular weight excluding hydrogens is 260 g/mol. The van der Waals surface area contributed by atoms with Gasteiger partial charge >= 0.3 is 5.97 Å². The highest BCUT2D eigenvalue weighted by molar-refractivity contribution is 5.90. The van der Waals surface area contributed by atoms with E-state index in [1.165, 1.54) is 7.11 Å². The number of carbonyl (C=O) groups is 1. The van der Waals surface area contributed by atoms with Gasteiger partial charge in [0.25, 0.3) is 0 Å².